The summed E-state index contributed by atoms with van der Waals surface area (Å²) in [6.07, 6.45) is 4.57. The molecule has 1 aliphatic rings. The Bertz CT molecular complexity index is 254. The van der Waals surface area contributed by atoms with E-state index in [9.17, 15) is 4.79 Å². The summed E-state index contributed by atoms with van der Waals surface area (Å²) >= 11 is 0. The number of hydrogen-bond acceptors (Lipinski definition) is 3. The van der Waals surface area contributed by atoms with Gasteiger partial charge in [-0.2, -0.15) is 0 Å². The first kappa shape index (κ1) is 14.5. The second-order valence-electron chi connectivity index (χ2n) is 5.98. The van der Waals surface area contributed by atoms with E-state index < -0.39 is 0 Å². The molecule has 0 aromatic carbocycles. The lowest BCUT2D eigenvalue weighted by Gasteiger charge is -2.28. The minimum absolute atomic E-state index is 0.0405. The summed E-state index contributed by atoms with van der Waals surface area (Å²) in [6.45, 7) is 4.89. The van der Waals surface area contributed by atoms with Crippen LogP contribution in [0.5, 0.6) is 0 Å². The molecule has 17 heavy (non-hydrogen) atoms. The summed E-state index contributed by atoms with van der Waals surface area (Å²) < 4.78 is 0. The smallest absolute Gasteiger partial charge is 0.223 e. The highest BCUT2D eigenvalue weighted by atomic mass is 16.3. The first-order chi connectivity index (χ1) is 7.94. The molecule has 1 fully saturated rings. The van der Waals surface area contributed by atoms with Crippen molar-refractivity contribution in [1.82, 2.24) is 5.32 Å². The van der Waals surface area contributed by atoms with Gasteiger partial charge in [-0.15, -0.1) is 0 Å². The van der Waals surface area contributed by atoms with E-state index in [1.807, 2.05) is 0 Å². The van der Waals surface area contributed by atoms with Crippen molar-refractivity contribution >= 4 is 5.91 Å². The van der Waals surface area contributed by atoms with E-state index in [0.717, 1.165) is 25.7 Å². The quantitative estimate of drug-likeness (QED) is 0.674. The topological polar surface area (TPSA) is 75.3 Å². The van der Waals surface area contributed by atoms with E-state index in [2.05, 4.69) is 19.2 Å². The monoisotopic (exact) mass is 242 g/mol. The molecule has 4 N–H and O–H groups in total. The third kappa shape index (κ3) is 5.04. The standard InChI is InChI=1S/C13H26N2O2/c1-13(2,6-7-16)9-15-12(17)10-4-3-5-11(14)8-10/h10-11,16H,3-9,14H2,1-2H3,(H,15,17). The van der Waals surface area contributed by atoms with Gasteiger partial charge in [0.25, 0.3) is 0 Å². The van der Waals surface area contributed by atoms with Gasteiger partial charge in [0, 0.05) is 25.1 Å². The van der Waals surface area contributed by atoms with Crippen LogP contribution in [0.3, 0.4) is 0 Å². The van der Waals surface area contributed by atoms with E-state index >= 15 is 0 Å². The fraction of sp³-hybridized carbons (Fsp3) is 0.923. The minimum Gasteiger partial charge on any atom is -0.396 e. The van der Waals surface area contributed by atoms with Gasteiger partial charge in [0.05, 0.1) is 0 Å². The van der Waals surface area contributed by atoms with Crippen molar-refractivity contribution in [3.8, 4) is 0 Å². The van der Waals surface area contributed by atoms with Crippen LogP contribution >= 0.6 is 0 Å². The Morgan fingerprint density at radius 1 is 1.47 bits per heavy atom. The molecule has 0 saturated heterocycles. The van der Waals surface area contributed by atoms with Gasteiger partial charge in [0.1, 0.15) is 0 Å². The summed E-state index contributed by atoms with van der Waals surface area (Å²) in [5.41, 5.74) is 5.84. The van der Waals surface area contributed by atoms with E-state index in [-0.39, 0.29) is 29.9 Å². The molecule has 0 heterocycles. The highest BCUT2D eigenvalue weighted by Gasteiger charge is 2.26. The molecule has 2 atom stereocenters. The van der Waals surface area contributed by atoms with Crippen LogP contribution < -0.4 is 11.1 Å². The molecule has 1 rings (SSSR count). The number of aliphatic hydroxyl groups excluding tert-OH is 1. The van der Waals surface area contributed by atoms with Crippen molar-refractivity contribution in [2.24, 2.45) is 17.1 Å². The van der Waals surface area contributed by atoms with E-state index in [4.69, 9.17) is 10.8 Å². The molecule has 1 amide bonds. The molecule has 100 valence electrons. The molecule has 4 nitrogen and oxygen atoms in total. The largest absolute Gasteiger partial charge is 0.396 e. The van der Waals surface area contributed by atoms with Crippen molar-refractivity contribution in [3.05, 3.63) is 0 Å². The maximum Gasteiger partial charge on any atom is 0.223 e. The highest BCUT2D eigenvalue weighted by molar-refractivity contribution is 5.78. The maximum absolute atomic E-state index is 12.0. The normalized spacial score (nSPS) is 25.6. The predicted molar refractivity (Wildman–Crippen MR) is 68.4 cm³/mol. The molecular weight excluding hydrogens is 216 g/mol. The van der Waals surface area contributed by atoms with Gasteiger partial charge < -0.3 is 16.2 Å². The van der Waals surface area contributed by atoms with Gasteiger partial charge in [0.15, 0.2) is 0 Å². The lowest BCUT2D eigenvalue weighted by atomic mass is 9.85. The summed E-state index contributed by atoms with van der Waals surface area (Å²) in [4.78, 5) is 12.0. The SMILES string of the molecule is CC(C)(CCO)CNC(=O)C1CCCC(N)C1. The molecule has 1 saturated carbocycles. The number of rotatable bonds is 5. The molecule has 1 aliphatic carbocycles. The zero-order valence-corrected chi connectivity index (χ0v) is 11.0. The van der Waals surface area contributed by atoms with Crippen LogP contribution in [0.25, 0.3) is 0 Å². The molecule has 2 unspecified atom stereocenters. The number of aliphatic hydroxyl groups is 1. The van der Waals surface area contributed by atoms with Crippen LogP contribution in [-0.2, 0) is 4.79 Å². The van der Waals surface area contributed by atoms with Gasteiger partial charge >= 0.3 is 0 Å². The van der Waals surface area contributed by atoms with Crippen LogP contribution in [0.1, 0.15) is 46.0 Å². The van der Waals surface area contributed by atoms with Crippen LogP contribution in [0, 0.1) is 11.3 Å². The Balaban J connectivity index is 2.33. The molecule has 0 spiro atoms. The molecule has 0 aromatic heterocycles. The van der Waals surface area contributed by atoms with Gasteiger partial charge in [-0.25, -0.2) is 0 Å². The van der Waals surface area contributed by atoms with Crippen molar-refractivity contribution < 1.29 is 9.90 Å². The fourth-order valence-electron chi connectivity index (χ4n) is 2.33. The summed E-state index contributed by atoms with van der Waals surface area (Å²) in [5, 5.41) is 11.9. The van der Waals surface area contributed by atoms with E-state index in [0.29, 0.717) is 13.0 Å². The molecular formula is C13H26N2O2. The number of carbonyl (C=O) groups excluding carboxylic acids is 1. The number of nitrogens with two attached hydrogens (primary N) is 1. The Labute approximate surface area is 104 Å². The first-order valence-electron chi connectivity index (χ1n) is 6.59. The van der Waals surface area contributed by atoms with Crippen LogP contribution in [0.2, 0.25) is 0 Å². The van der Waals surface area contributed by atoms with Gasteiger partial charge in [0.2, 0.25) is 5.91 Å². The van der Waals surface area contributed by atoms with E-state index in [1.54, 1.807) is 0 Å². The molecule has 0 bridgehead atoms. The average molecular weight is 242 g/mol. The number of hydrogen-bond donors (Lipinski definition) is 3. The third-order valence-corrected chi connectivity index (χ3v) is 3.62. The van der Waals surface area contributed by atoms with Gasteiger partial charge in [-0.05, 0) is 31.1 Å². The Kier molecular flexibility index (Phi) is 5.40. The molecule has 4 heteroatoms. The number of amides is 1. The average Bonchev–Trinajstić information content (AvgIpc) is 2.26. The number of nitrogens with one attached hydrogen (secondary N) is 1. The molecule has 0 aromatic rings. The molecule has 0 radical (unpaired) electrons. The fourth-order valence-corrected chi connectivity index (χ4v) is 2.33. The van der Waals surface area contributed by atoms with Crippen molar-refractivity contribution in [3.63, 3.8) is 0 Å². The van der Waals surface area contributed by atoms with Crippen molar-refractivity contribution in [2.75, 3.05) is 13.2 Å². The van der Waals surface area contributed by atoms with Gasteiger partial charge in [-0.1, -0.05) is 20.3 Å². The van der Waals surface area contributed by atoms with Crippen LogP contribution in [0.4, 0.5) is 0 Å². The Morgan fingerprint density at radius 3 is 2.76 bits per heavy atom. The highest BCUT2D eigenvalue weighted by Crippen LogP contribution is 2.24. The third-order valence-electron chi connectivity index (χ3n) is 3.62. The summed E-state index contributed by atoms with van der Waals surface area (Å²) in [5.74, 6) is 0.217. The Hall–Kier alpha value is -0.610. The zero-order valence-electron chi connectivity index (χ0n) is 11.0. The van der Waals surface area contributed by atoms with Crippen LogP contribution in [0.15, 0.2) is 0 Å². The first-order valence-corrected chi connectivity index (χ1v) is 6.59. The lowest BCUT2D eigenvalue weighted by molar-refractivity contribution is -0.126. The Morgan fingerprint density at radius 2 is 2.18 bits per heavy atom. The van der Waals surface area contributed by atoms with Crippen molar-refractivity contribution in [1.29, 1.82) is 0 Å². The number of carbonyl (C=O) groups is 1. The lowest BCUT2D eigenvalue weighted by Crippen LogP contribution is -2.41. The van der Waals surface area contributed by atoms with Crippen molar-refractivity contribution in [2.45, 2.75) is 52.0 Å². The second-order valence-corrected chi connectivity index (χ2v) is 5.98. The predicted octanol–water partition coefficient (Wildman–Crippen LogP) is 1.03. The maximum atomic E-state index is 12.0. The van der Waals surface area contributed by atoms with Crippen LogP contribution in [-0.4, -0.2) is 30.2 Å². The summed E-state index contributed by atoms with van der Waals surface area (Å²) in [6, 6.07) is 0.185. The molecule has 0 aliphatic heterocycles. The second kappa shape index (κ2) is 6.36. The zero-order chi connectivity index (χ0) is 12.9. The van der Waals surface area contributed by atoms with E-state index in [1.165, 1.54) is 0 Å². The van der Waals surface area contributed by atoms with Gasteiger partial charge in [-0.3, -0.25) is 4.79 Å². The summed E-state index contributed by atoms with van der Waals surface area (Å²) in [7, 11) is 0. The minimum atomic E-state index is -0.0405.